The molecular weight excluding hydrogens is 556 g/mol. The number of methoxy groups -OCH3 is 1. The fraction of sp³-hybridized carbons (Fsp3) is 0.516. The van der Waals surface area contributed by atoms with Gasteiger partial charge in [-0.2, -0.15) is 5.26 Å². The summed E-state index contributed by atoms with van der Waals surface area (Å²) in [6, 6.07) is 10.3. The van der Waals surface area contributed by atoms with E-state index in [4.69, 9.17) is 23.7 Å². The molecule has 0 saturated carbocycles. The molecule has 1 saturated heterocycles. The number of carbonyl (C=O) groups is 3. The van der Waals surface area contributed by atoms with Crippen LogP contribution in [0.5, 0.6) is 5.75 Å². The third-order valence-corrected chi connectivity index (χ3v) is 6.33. The van der Waals surface area contributed by atoms with Gasteiger partial charge in [-0.3, -0.25) is 9.88 Å². The van der Waals surface area contributed by atoms with Gasteiger partial charge < -0.3 is 29.0 Å². The van der Waals surface area contributed by atoms with Crippen molar-refractivity contribution in [3.8, 4) is 11.8 Å². The largest absolute Gasteiger partial charge is 0.509 e. The number of amides is 2. The lowest BCUT2D eigenvalue weighted by Gasteiger charge is -2.30. The Balaban J connectivity index is 1.86. The maximum atomic E-state index is 13.4. The maximum Gasteiger partial charge on any atom is 0.509 e. The number of rotatable bonds is 8. The van der Waals surface area contributed by atoms with Crippen molar-refractivity contribution in [1.29, 1.82) is 5.26 Å². The number of pyridine rings is 1. The summed E-state index contributed by atoms with van der Waals surface area (Å²) in [5.41, 5.74) is 0.332. The Morgan fingerprint density at radius 2 is 1.70 bits per heavy atom. The van der Waals surface area contributed by atoms with Gasteiger partial charge in [-0.15, -0.1) is 0 Å². The molecule has 3 rings (SSSR count). The molecule has 2 amide bonds. The highest BCUT2D eigenvalue weighted by atomic mass is 16.7. The van der Waals surface area contributed by atoms with Gasteiger partial charge in [0.25, 0.3) is 0 Å². The number of nitrogens with one attached hydrogen (secondary N) is 1. The predicted octanol–water partition coefficient (Wildman–Crippen LogP) is 4.78. The van der Waals surface area contributed by atoms with Crippen LogP contribution >= 0.6 is 0 Å². The van der Waals surface area contributed by atoms with Gasteiger partial charge in [0, 0.05) is 18.9 Å². The number of benzene rings is 1. The Morgan fingerprint density at radius 3 is 2.30 bits per heavy atom. The summed E-state index contributed by atoms with van der Waals surface area (Å²) in [5.74, 6) is 0.659. The molecule has 2 aromatic rings. The van der Waals surface area contributed by atoms with Crippen LogP contribution in [0.15, 0.2) is 42.7 Å². The Labute approximate surface area is 252 Å². The van der Waals surface area contributed by atoms with Crippen LogP contribution in [0.3, 0.4) is 0 Å². The normalized spacial score (nSPS) is 18.3. The highest BCUT2D eigenvalue weighted by molar-refractivity contribution is 5.71. The molecule has 2 heterocycles. The average molecular weight is 597 g/mol. The standard InChI is InChI=1S/C31H40N4O8/c1-30(2,3)42-28(37)35-19-25(40-29(38)43-31(4,5)6)26(24(35)16-20-8-10-23(39-7)11-9-20)41-27(36)34-15-13-21-12-14-33-18-22(21)17-32/h8-12,14,18,24-26H,13,15-16,19H2,1-7H3,(H,34,36)/t24-,25+,26+/m1/s1. The minimum Gasteiger partial charge on any atom is -0.497 e. The molecule has 12 heteroatoms. The van der Waals surface area contributed by atoms with Crippen molar-refractivity contribution < 1.29 is 38.1 Å². The molecule has 232 valence electrons. The molecule has 1 N–H and O–H groups in total. The monoisotopic (exact) mass is 596 g/mol. The van der Waals surface area contributed by atoms with Gasteiger partial charge in [-0.25, -0.2) is 14.4 Å². The van der Waals surface area contributed by atoms with Crippen LogP contribution < -0.4 is 10.1 Å². The van der Waals surface area contributed by atoms with E-state index in [-0.39, 0.29) is 19.5 Å². The SMILES string of the molecule is COc1ccc(C[C@@H]2[C@H](OC(=O)NCCc3ccncc3C#N)[C@@H](OC(=O)OC(C)(C)C)CN2C(=O)OC(C)(C)C)cc1. The quantitative estimate of drug-likeness (QED) is 0.333. The van der Waals surface area contributed by atoms with E-state index in [9.17, 15) is 19.6 Å². The van der Waals surface area contributed by atoms with Crippen LogP contribution in [0.1, 0.15) is 58.2 Å². The number of nitrogens with zero attached hydrogens (tertiary/aromatic N) is 3. The second-order valence-corrected chi connectivity index (χ2v) is 12.1. The van der Waals surface area contributed by atoms with Crippen LogP contribution in [0.2, 0.25) is 0 Å². The molecule has 3 atom stereocenters. The van der Waals surface area contributed by atoms with E-state index in [2.05, 4.69) is 16.4 Å². The zero-order valence-electron chi connectivity index (χ0n) is 25.7. The molecule has 1 aliphatic heterocycles. The topological polar surface area (TPSA) is 149 Å². The van der Waals surface area contributed by atoms with Crippen molar-refractivity contribution in [2.45, 2.75) is 83.8 Å². The number of alkyl carbamates (subject to hydrolysis) is 1. The number of ether oxygens (including phenoxy) is 5. The third-order valence-electron chi connectivity index (χ3n) is 6.33. The molecule has 1 aromatic heterocycles. The number of nitriles is 1. The van der Waals surface area contributed by atoms with Gasteiger partial charge in [0.2, 0.25) is 0 Å². The number of carbonyl (C=O) groups excluding carboxylic acids is 3. The van der Waals surface area contributed by atoms with Crippen LogP contribution in [-0.4, -0.2) is 77.9 Å². The van der Waals surface area contributed by atoms with E-state index in [0.29, 0.717) is 17.7 Å². The Bertz CT molecular complexity index is 1310. The first kappa shape index (κ1) is 33.0. The van der Waals surface area contributed by atoms with Crippen LogP contribution in [0.4, 0.5) is 14.4 Å². The maximum absolute atomic E-state index is 13.4. The van der Waals surface area contributed by atoms with E-state index in [1.165, 1.54) is 11.1 Å². The molecule has 43 heavy (non-hydrogen) atoms. The Kier molecular flexibility index (Phi) is 10.8. The van der Waals surface area contributed by atoms with Crippen LogP contribution in [-0.2, 0) is 31.8 Å². The molecule has 0 radical (unpaired) electrons. The van der Waals surface area contributed by atoms with Crippen molar-refractivity contribution in [2.75, 3.05) is 20.2 Å². The third kappa shape index (κ3) is 10.1. The van der Waals surface area contributed by atoms with Crippen LogP contribution in [0.25, 0.3) is 0 Å². The molecule has 0 spiro atoms. The zero-order valence-corrected chi connectivity index (χ0v) is 25.7. The van der Waals surface area contributed by atoms with Crippen molar-refractivity contribution in [1.82, 2.24) is 15.2 Å². The highest BCUT2D eigenvalue weighted by Gasteiger charge is 2.50. The molecule has 0 bridgehead atoms. The first-order valence-corrected chi connectivity index (χ1v) is 14.0. The Morgan fingerprint density at radius 1 is 1.02 bits per heavy atom. The lowest BCUT2D eigenvalue weighted by molar-refractivity contribution is -0.0517. The minimum atomic E-state index is -1.06. The molecule has 12 nitrogen and oxygen atoms in total. The summed E-state index contributed by atoms with van der Waals surface area (Å²) in [4.78, 5) is 44.5. The number of likely N-dealkylation sites (tertiary alicyclic amines) is 1. The number of hydrogen-bond donors (Lipinski definition) is 1. The van der Waals surface area contributed by atoms with Gasteiger partial charge in [0.1, 0.15) is 23.0 Å². The first-order chi connectivity index (χ1) is 20.2. The second-order valence-electron chi connectivity index (χ2n) is 12.1. The summed E-state index contributed by atoms with van der Waals surface area (Å²) in [6.07, 6.45) is -0.819. The second kappa shape index (κ2) is 14.1. The fourth-order valence-corrected chi connectivity index (χ4v) is 4.48. The van der Waals surface area contributed by atoms with Crippen molar-refractivity contribution in [2.24, 2.45) is 0 Å². The fourth-order valence-electron chi connectivity index (χ4n) is 4.48. The predicted molar refractivity (Wildman–Crippen MR) is 155 cm³/mol. The van der Waals surface area contributed by atoms with E-state index >= 15 is 0 Å². The first-order valence-electron chi connectivity index (χ1n) is 14.0. The number of aromatic nitrogens is 1. The summed E-state index contributed by atoms with van der Waals surface area (Å²) in [7, 11) is 1.56. The van der Waals surface area contributed by atoms with E-state index in [1.807, 2.05) is 12.1 Å². The molecule has 1 fully saturated rings. The van der Waals surface area contributed by atoms with Crippen molar-refractivity contribution in [3.05, 3.63) is 59.4 Å². The van der Waals surface area contributed by atoms with Crippen LogP contribution in [0, 0.1) is 11.3 Å². The van der Waals surface area contributed by atoms with Gasteiger partial charge in [-0.1, -0.05) is 12.1 Å². The van der Waals surface area contributed by atoms with Crippen molar-refractivity contribution in [3.63, 3.8) is 0 Å². The lowest BCUT2D eigenvalue weighted by Crippen LogP contribution is -2.46. The van der Waals surface area contributed by atoms with Gasteiger partial charge >= 0.3 is 18.3 Å². The van der Waals surface area contributed by atoms with Gasteiger partial charge in [0.15, 0.2) is 12.2 Å². The average Bonchev–Trinajstić information content (AvgIpc) is 3.23. The van der Waals surface area contributed by atoms with E-state index in [1.54, 1.807) is 73.0 Å². The van der Waals surface area contributed by atoms with Gasteiger partial charge in [-0.05, 0) is 83.7 Å². The lowest BCUT2D eigenvalue weighted by atomic mass is 10.0. The highest BCUT2D eigenvalue weighted by Crippen LogP contribution is 2.30. The smallest absolute Gasteiger partial charge is 0.497 e. The molecular formula is C31H40N4O8. The summed E-state index contributed by atoms with van der Waals surface area (Å²) >= 11 is 0. The Hall–Kier alpha value is -4.53. The minimum absolute atomic E-state index is 0.0878. The molecule has 1 aromatic carbocycles. The zero-order chi connectivity index (χ0) is 31.8. The summed E-state index contributed by atoms with van der Waals surface area (Å²) < 4.78 is 27.8. The molecule has 0 unspecified atom stereocenters. The molecule has 0 aliphatic carbocycles. The summed E-state index contributed by atoms with van der Waals surface area (Å²) in [5, 5.41) is 12.0. The molecule has 1 aliphatic rings. The van der Waals surface area contributed by atoms with E-state index in [0.717, 1.165) is 11.1 Å². The van der Waals surface area contributed by atoms with Gasteiger partial charge in [0.05, 0.1) is 25.3 Å². The van der Waals surface area contributed by atoms with Crippen molar-refractivity contribution >= 4 is 18.3 Å². The van der Waals surface area contributed by atoms with E-state index < -0.39 is 47.8 Å². The number of hydrogen-bond acceptors (Lipinski definition) is 10. The summed E-state index contributed by atoms with van der Waals surface area (Å²) in [6.45, 7) is 10.4.